The standard InChI is InChI=1S/C16H15BrFNO2/c1-2-16(15(20)21,11-5-3-6-12(17)9-11)19-14-8-4-7-13(18)10-14/h3-10,19H,2H2,1H3,(H,20,21). The molecule has 2 N–H and O–H groups in total. The second kappa shape index (κ2) is 6.26. The molecular weight excluding hydrogens is 337 g/mol. The number of hydrogen-bond acceptors (Lipinski definition) is 2. The van der Waals surface area contributed by atoms with Crippen LogP contribution in [0.1, 0.15) is 18.9 Å². The van der Waals surface area contributed by atoms with Crippen molar-refractivity contribution >= 4 is 27.6 Å². The third-order valence-electron chi connectivity index (χ3n) is 3.40. The molecule has 0 saturated heterocycles. The van der Waals surface area contributed by atoms with Gasteiger partial charge in [0, 0.05) is 10.2 Å². The number of anilines is 1. The van der Waals surface area contributed by atoms with Crippen LogP contribution in [0, 0.1) is 5.82 Å². The molecule has 0 saturated carbocycles. The lowest BCUT2D eigenvalue weighted by Crippen LogP contribution is -2.43. The van der Waals surface area contributed by atoms with Crippen LogP contribution in [-0.4, -0.2) is 11.1 Å². The fourth-order valence-electron chi connectivity index (χ4n) is 2.26. The van der Waals surface area contributed by atoms with E-state index < -0.39 is 17.3 Å². The summed E-state index contributed by atoms with van der Waals surface area (Å²) in [4.78, 5) is 11.9. The zero-order valence-corrected chi connectivity index (χ0v) is 13.0. The maximum absolute atomic E-state index is 13.3. The van der Waals surface area contributed by atoms with Crippen LogP contribution in [0.15, 0.2) is 53.0 Å². The Morgan fingerprint density at radius 2 is 2.00 bits per heavy atom. The van der Waals surface area contributed by atoms with Crippen molar-refractivity contribution in [3.8, 4) is 0 Å². The van der Waals surface area contributed by atoms with Crippen LogP contribution in [0.2, 0.25) is 0 Å². The lowest BCUT2D eigenvalue weighted by atomic mass is 9.87. The Balaban J connectivity index is 2.49. The first-order valence-electron chi connectivity index (χ1n) is 6.51. The van der Waals surface area contributed by atoms with Gasteiger partial charge in [0.25, 0.3) is 0 Å². The van der Waals surface area contributed by atoms with Gasteiger partial charge in [-0.3, -0.25) is 0 Å². The SMILES string of the molecule is CCC(Nc1cccc(F)c1)(C(=O)O)c1cccc(Br)c1. The van der Waals surface area contributed by atoms with Crippen molar-refractivity contribution in [2.45, 2.75) is 18.9 Å². The van der Waals surface area contributed by atoms with Crippen molar-refractivity contribution in [1.82, 2.24) is 0 Å². The van der Waals surface area contributed by atoms with Gasteiger partial charge in [0.15, 0.2) is 5.54 Å². The fraction of sp³-hybridized carbons (Fsp3) is 0.188. The van der Waals surface area contributed by atoms with Crippen molar-refractivity contribution in [2.75, 3.05) is 5.32 Å². The predicted octanol–water partition coefficient (Wildman–Crippen LogP) is 4.39. The van der Waals surface area contributed by atoms with Crippen LogP contribution in [-0.2, 0) is 10.3 Å². The molecule has 0 spiro atoms. The summed E-state index contributed by atoms with van der Waals surface area (Å²) in [6.45, 7) is 1.78. The Bertz CT molecular complexity index is 662. The van der Waals surface area contributed by atoms with Gasteiger partial charge in [-0.05, 0) is 42.3 Å². The van der Waals surface area contributed by atoms with Crippen LogP contribution in [0.3, 0.4) is 0 Å². The van der Waals surface area contributed by atoms with E-state index in [2.05, 4.69) is 21.2 Å². The molecule has 2 aromatic rings. The molecule has 0 heterocycles. The minimum atomic E-state index is -1.31. The van der Waals surface area contributed by atoms with E-state index in [0.29, 0.717) is 17.7 Å². The Kier molecular flexibility index (Phi) is 4.63. The van der Waals surface area contributed by atoms with Gasteiger partial charge < -0.3 is 10.4 Å². The lowest BCUT2D eigenvalue weighted by Gasteiger charge is -2.31. The van der Waals surface area contributed by atoms with Crippen molar-refractivity contribution in [3.63, 3.8) is 0 Å². The number of nitrogens with one attached hydrogen (secondary N) is 1. The molecule has 0 bridgehead atoms. The van der Waals surface area contributed by atoms with E-state index in [1.165, 1.54) is 12.1 Å². The number of carbonyl (C=O) groups is 1. The average Bonchev–Trinajstić information content (AvgIpc) is 2.44. The van der Waals surface area contributed by atoms with E-state index in [0.717, 1.165) is 4.47 Å². The van der Waals surface area contributed by atoms with Crippen molar-refractivity contribution in [2.24, 2.45) is 0 Å². The summed E-state index contributed by atoms with van der Waals surface area (Å²) in [6.07, 6.45) is 0.315. The fourth-order valence-corrected chi connectivity index (χ4v) is 2.66. The van der Waals surface area contributed by atoms with Gasteiger partial charge in [-0.25, -0.2) is 9.18 Å². The summed E-state index contributed by atoms with van der Waals surface area (Å²) >= 11 is 3.35. The van der Waals surface area contributed by atoms with Gasteiger partial charge in [-0.2, -0.15) is 0 Å². The van der Waals surface area contributed by atoms with E-state index in [1.54, 1.807) is 37.3 Å². The topological polar surface area (TPSA) is 49.3 Å². The van der Waals surface area contributed by atoms with Gasteiger partial charge in [-0.15, -0.1) is 0 Å². The molecule has 0 aromatic heterocycles. The van der Waals surface area contributed by atoms with E-state index in [9.17, 15) is 14.3 Å². The van der Waals surface area contributed by atoms with Gasteiger partial charge in [-0.1, -0.05) is 41.1 Å². The summed E-state index contributed by atoms with van der Waals surface area (Å²) in [6, 6.07) is 12.9. The van der Waals surface area contributed by atoms with Crippen molar-refractivity contribution in [3.05, 3.63) is 64.4 Å². The van der Waals surface area contributed by atoms with E-state index in [-0.39, 0.29) is 0 Å². The summed E-state index contributed by atoms with van der Waals surface area (Å²) in [7, 11) is 0. The van der Waals surface area contributed by atoms with Gasteiger partial charge in [0.1, 0.15) is 5.82 Å². The number of halogens is 2. The number of hydrogen-bond donors (Lipinski definition) is 2. The second-order valence-electron chi connectivity index (χ2n) is 4.71. The molecule has 5 heteroatoms. The minimum absolute atomic E-state index is 0.315. The van der Waals surface area contributed by atoms with Crippen LogP contribution in [0.25, 0.3) is 0 Å². The molecule has 0 aliphatic carbocycles. The van der Waals surface area contributed by atoms with Crippen molar-refractivity contribution < 1.29 is 14.3 Å². The monoisotopic (exact) mass is 351 g/mol. The molecular formula is C16H15BrFNO2. The highest BCUT2D eigenvalue weighted by Gasteiger charge is 2.38. The molecule has 1 atom stereocenters. The normalized spacial score (nSPS) is 13.5. The number of carboxylic acids is 1. The van der Waals surface area contributed by atoms with E-state index in [1.807, 2.05) is 6.07 Å². The summed E-state index contributed by atoms with van der Waals surface area (Å²) < 4.78 is 14.1. The summed E-state index contributed by atoms with van der Waals surface area (Å²) in [5, 5.41) is 12.7. The average molecular weight is 352 g/mol. The number of benzene rings is 2. The molecule has 110 valence electrons. The lowest BCUT2D eigenvalue weighted by molar-refractivity contribution is -0.142. The number of aliphatic carboxylic acids is 1. The Labute approximate surface area is 130 Å². The first-order chi connectivity index (χ1) is 9.98. The summed E-state index contributed by atoms with van der Waals surface area (Å²) in [5.41, 5.74) is -0.271. The molecule has 2 rings (SSSR count). The van der Waals surface area contributed by atoms with Crippen LogP contribution in [0.5, 0.6) is 0 Å². The van der Waals surface area contributed by atoms with Crippen LogP contribution < -0.4 is 5.32 Å². The maximum atomic E-state index is 13.3. The van der Waals surface area contributed by atoms with E-state index >= 15 is 0 Å². The molecule has 1 unspecified atom stereocenters. The van der Waals surface area contributed by atoms with Crippen LogP contribution in [0.4, 0.5) is 10.1 Å². The molecule has 0 aliphatic heterocycles. The molecule has 0 amide bonds. The minimum Gasteiger partial charge on any atom is -0.479 e. The van der Waals surface area contributed by atoms with Crippen molar-refractivity contribution in [1.29, 1.82) is 0 Å². The van der Waals surface area contributed by atoms with Gasteiger partial charge in [0.05, 0.1) is 0 Å². The largest absolute Gasteiger partial charge is 0.479 e. The third kappa shape index (κ3) is 3.24. The quantitative estimate of drug-likeness (QED) is 0.839. The molecule has 0 fully saturated rings. The highest BCUT2D eigenvalue weighted by atomic mass is 79.9. The zero-order chi connectivity index (χ0) is 15.5. The first-order valence-corrected chi connectivity index (χ1v) is 7.30. The van der Waals surface area contributed by atoms with Gasteiger partial charge in [0.2, 0.25) is 0 Å². The number of rotatable bonds is 5. The molecule has 0 aliphatic rings. The molecule has 21 heavy (non-hydrogen) atoms. The highest BCUT2D eigenvalue weighted by molar-refractivity contribution is 9.10. The molecule has 3 nitrogen and oxygen atoms in total. The highest BCUT2D eigenvalue weighted by Crippen LogP contribution is 2.32. The third-order valence-corrected chi connectivity index (χ3v) is 3.89. The molecule has 0 radical (unpaired) electrons. The second-order valence-corrected chi connectivity index (χ2v) is 5.63. The van der Waals surface area contributed by atoms with Gasteiger partial charge >= 0.3 is 5.97 Å². The number of carboxylic acid groups (broad SMARTS) is 1. The van der Waals surface area contributed by atoms with Crippen LogP contribution >= 0.6 is 15.9 Å². The maximum Gasteiger partial charge on any atom is 0.334 e. The Hall–Kier alpha value is -1.88. The Morgan fingerprint density at radius 1 is 1.29 bits per heavy atom. The Morgan fingerprint density at radius 3 is 2.57 bits per heavy atom. The smallest absolute Gasteiger partial charge is 0.334 e. The predicted molar refractivity (Wildman–Crippen MR) is 83.8 cm³/mol. The molecule has 2 aromatic carbocycles. The summed E-state index contributed by atoms with van der Waals surface area (Å²) in [5.74, 6) is -1.42. The van der Waals surface area contributed by atoms with E-state index in [4.69, 9.17) is 0 Å². The first kappa shape index (κ1) is 15.5. The zero-order valence-electron chi connectivity index (χ0n) is 11.4.